The van der Waals surface area contributed by atoms with Gasteiger partial charge in [0.15, 0.2) is 11.6 Å². The summed E-state index contributed by atoms with van der Waals surface area (Å²) in [6.45, 7) is 22.6. The quantitative estimate of drug-likeness (QED) is 0.0239. The second kappa shape index (κ2) is 50.2. The van der Waals surface area contributed by atoms with Crippen molar-refractivity contribution in [1.82, 2.24) is 19.8 Å². The second-order valence-electron chi connectivity index (χ2n) is 27.5. The molecule has 4 heterocycles. The normalized spacial score (nSPS) is 16.4. The van der Waals surface area contributed by atoms with Crippen molar-refractivity contribution in [3.63, 3.8) is 0 Å². The number of β-amino-alcohol motifs (C(OH)–C–C–N with tert-alkyl or cyclic N) is 2. The van der Waals surface area contributed by atoms with Gasteiger partial charge in [-0.1, -0.05) is 90.1 Å². The van der Waals surface area contributed by atoms with Gasteiger partial charge in [0.1, 0.15) is 5.78 Å². The van der Waals surface area contributed by atoms with Crippen molar-refractivity contribution in [1.29, 1.82) is 0 Å². The van der Waals surface area contributed by atoms with Gasteiger partial charge in [-0.3, -0.25) is 38.4 Å². The highest BCUT2D eigenvalue weighted by Crippen LogP contribution is 2.35. The molecule has 588 valence electrons. The number of nitrogens with two attached hydrogens (primary N) is 1. The molecule has 105 heavy (non-hydrogen) atoms. The number of Topliss-reactive ketones (excluding diaryl/α,β-unsaturated/α-hetero) is 3. The lowest BCUT2D eigenvalue weighted by atomic mass is 9.76. The molecule has 7 N–H and O–H groups in total. The van der Waals surface area contributed by atoms with E-state index in [0.29, 0.717) is 125 Å². The van der Waals surface area contributed by atoms with E-state index in [-0.39, 0.29) is 120 Å². The fourth-order valence-electron chi connectivity index (χ4n) is 10.9. The molecule has 2 aliphatic rings. The zero-order valence-corrected chi connectivity index (χ0v) is 64.0. The molecular weight excluding hydrogens is 1400 g/mol. The summed E-state index contributed by atoms with van der Waals surface area (Å²) in [4.78, 5) is 111. The van der Waals surface area contributed by atoms with Crippen LogP contribution in [0, 0.1) is 30.6 Å². The Kier molecular flexibility index (Phi) is 43.5. The highest BCUT2D eigenvalue weighted by atomic mass is 32.1. The topological polar surface area (TPSA) is 388 Å². The third-order valence-electron chi connectivity index (χ3n) is 17.0. The van der Waals surface area contributed by atoms with Crippen LogP contribution < -0.4 is 5.73 Å². The molecule has 2 fully saturated rings. The van der Waals surface area contributed by atoms with Crippen LogP contribution in [0.3, 0.4) is 0 Å². The second-order valence-corrected chi connectivity index (χ2v) is 29.2. The molecule has 0 saturated carbocycles. The zero-order valence-electron chi connectivity index (χ0n) is 62.3. The summed E-state index contributed by atoms with van der Waals surface area (Å²) >= 11 is 3.21. The van der Waals surface area contributed by atoms with Crippen LogP contribution in [0.1, 0.15) is 122 Å². The molecular formula is C75H113N5O23S2. The summed E-state index contributed by atoms with van der Waals surface area (Å²) in [6, 6.07) is 14.2. The van der Waals surface area contributed by atoms with E-state index in [2.05, 4.69) is 22.1 Å². The number of carboxylic acids is 3. The fraction of sp³-hybridized carbons (Fsp3) is 0.653. The maximum atomic E-state index is 13.9. The van der Waals surface area contributed by atoms with E-state index >= 15 is 0 Å². The fourth-order valence-corrected chi connectivity index (χ4v) is 12.5. The lowest BCUT2D eigenvalue weighted by Gasteiger charge is -2.34. The summed E-state index contributed by atoms with van der Waals surface area (Å²) < 4.78 is 52.8. The number of ether oxygens (including phenoxy) is 10. The maximum absolute atomic E-state index is 13.9. The molecule has 2 aliphatic heterocycles. The first-order valence-corrected chi connectivity index (χ1v) is 37.5. The molecule has 28 nitrogen and oxygen atoms in total. The molecule has 0 spiro atoms. The first kappa shape index (κ1) is 90.9. The molecule has 0 radical (unpaired) electrons. The molecule has 30 heteroatoms. The van der Waals surface area contributed by atoms with Crippen LogP contribution in [0.4, 0.5) is 0 Å². The van der Waals surface area contributed by atoms with Gasteiger partial charge in [0.05, 0.1) is 214 Å². The van der Waals surface area contributed by atoms with Crippen LogP contribution in [0.15, 0.2) is 59.6 Å². The van der Waals surface area contributed by atoms with Crippen LogP contribution in [0.25, 0.3) is 20.9 Å². The van der Waals surface area contributed by atoms with Crippen molar-refractivity contribution in [3.05, 3.63) is 82.1 Å². The number of ketones is 3. The van der Waals surface area contributed by atoms with Gasteiger partial charge in [0.2, 0.25) is 11.8 Å². The number of likely N-dealkylation sites (tertiary alicyclic amines) is 2. The summed E-state index contributed by atoms with van der Waals surface area (Å²) in [7, 11) is 0. The van der Waals surface area contributed by atoms with E-state index in [9.17, 15) is 48.6 Å². The molecule has 2 saturated heterocycles. The van der Waals surface area contributed by atoms with Gasteiger partial charge in [-0.15, -0.1) is 22.7 Å². The largest absolute Gasteiger partial charge is 0.481 e. The molecule has 0 aliphatic carbocycles. The van der Waals surface area contributed by atoms with E-state index in [0.717, 1.165) is 43.4 Å². The predicted molar refractivity (Wildman–Crippen MR) is 393 cm³/mol. The average molecular weight is 1520 g/mol. The number of aromatic nitrogens is 2. The van der Waals surface area contributed by atoms with Gasteiger partial charge in [0.25, 0.3) is 0 Å². The van der Waals surface area contributed by atoms with Crippen molar-refractivity contribution in [2.24, 2.45) is 22.5 Å². The van der Waals surface area contributed by atoms with Crippen molar-refractivity contribution in [3.8, 4) is 20.9 Å². The number of carboxylic acid groups (broad SMARTS) is 3. The Labute approximate surface area is 624 Å². The number of carbonyl (C=O) groups excluding carboxylic acids is 5. The van der Waals surface area contributed by atoms with Gasteiger partial charge in [-0.2, -0.15) is 0 Å². The molecule has 0 bridgehead atoms. The smallest absolute Gasteiger partial charge is 0.305 e. The molecule has 2 unspecified atom stereocenters. The number of nitrogens with zero attached hydrogens (tertiary/aromatic N) is 4. The molecule has 2 amide bonds. The van der Waals surface area contributed by atoms with E-state index in [1.807, 2.05) is 103 Å². The minimum atomic E-state index is -0.896. The number of amides is 2. The Morgan fingerprint density at radius 2 is 0.743 bits per heavy atom. The van der Waals surface area contributed by atoms with Crippen molar-refractivity contribution < 1.29 is 111 Å². The Morgan fingerprint density at radius 1 is 0.448 bits per heavy atom. The summed E-state index contributed by atoms with van der Waals surface area (Å²) in [5.74, 6) is -4.05. The third kappa shape index (κ3) is 36.8. The molecule has 4 aromatic rings. The zero-order chi connectivity index (χ0) is 77.2. The first-order valence-electron chi connectivity index (χ1n) is 35.8. The van der Waals surface area contributed by atoms with Crippen LogP contribution in [0.5, 0.6) is 0 Å². The van der Waals surface area contributed by atoms with Crippen LogP contribution in [-0.4, -0.2) is 268 Å². The summed E-state index contributed by atoms with van der Waals surface area (Å²) in [5.41, 5.74) is 15.1. The van der Waals surface area contributed by atoms with Crippen molar-refractivity contribution in [2.45, 2.75) is 156 Å². The monoisotopic (exact) mass is 1520 g/mol. The Bertz CT molecular complexity index is 3160. The summed E-state index contributed by atoms with van der Waals surface area (Å²) in [5, 5.41) is 45.9. The van der Waals surface area contributed by atoms with Crippen LogP contribution in [0.2, 0.25) is 0 Å². The molecule has 2 aromatic heterocycles. The standard InChI is InChI=1S/C38H56N2O11S.C23H31N3O3S.C14H26O9/c1-27-36(52-26-39-27)29-8-5-28(6-9-29)7-10-34(43)33-24-31(42)25-40(33)37(46)32(38(2,3)4)23-30(41)11-13-47-15-17-49-19-21-51-22-20-50-18-16-48-14-12-35(44)45;1-14-20(30-13-25-14)16-8-5-15(6-9-16)7-10-19(28)18-11-17(27)12-26(18)22(29)21(24)23(2,3)4;15-13(16)1-3-19-5-7-21-9-11-23-12-10-22-8-6-20-4-2-14(17)18/h5-6,8-9,26,31-33,42H,7,10-25H2,1-4H3,(H,44,45);5-6,8-9,13,17-18,21,27H,7,10-12,24H2,1-4H3;1-12H2,(H,15,16)(H,17,18)/t31-,32-,33?;17-,18?,21-;/m11./s1. The number of rotatable bonds is 50. The predicted octanol–water partition coefficient (Wildman–Crippen LogP) is 7.13. The van der Waals surface area contributed by atoms with E-state index < -0.39 is 65.0 Å². The maximum Gasteiger partial charge on any atom is 0.305 e. The van der Waals surface area contributed by atoms with Gasteiger partial charge >= 0.3 is 17.9 Å². The molecule has 6 rings (SSSR count). The van der Waals surface area contributed by atoms with E-state index in [1.165, 1.54) is 9.80 Å². The average Bonchev–Trinajstić information content (AvgIpc) is 1.71. The highest BCUT2D eigenvalue weighted by molar-refractivity contribution is 7.13. The lowest BCUT2D eigenvalue weighted by molar-refractivity contribution is -0.146. The highest BCUT2D eigenvalue weighted by Gasteiger charge is 2.45. The number of thiazole rings is 2. The van der Waals surface area contributed by atoms with Crippen molar-refractivity contribution >= 4 is 69.7 Å². The van der Waals surface area contributed by atoms with Gasteiger partial charge in [0, 0.05) is 57.5 Å². The minimum absolute atomic E-state index is 0.00624. The third-order valence-corrected chi connectivity index (χ3v) is 18.9. The number of benzene rings is 2. The Hall–Kier alpha value is -6.46. The number of aryl methyl sites for hydroxylation is 4. The number of aliphatic hydroxyl groups excluding tert-OH is 2. The Balaban J connectivity index is 0.000000370. The first-order chi connectivity index (χ1) is 50.1. The number of hydrogen-bond donors (Lipinski definition) is 6. The number of carbonyl (C=O) groups is 8. The Morgan fingerprint density at radius 3 is 1.02 bits per heavy atom. The van der Waals surface area contributed by atoms with Gasteiger partial charge in [-0.05, 0) is 59.8 Å². The number of aliphatic hydroxyl groups is 2. The van der Waals surface area contributed by atoms with Gasteiger partial charge in [-0.25, -0.2) is 9.97 Å². The van der Waals surface area contributed by atoms with E-state index in [1.54, 1.807) is 22.7 Å². The number of hydrogen-bond acceptors (Lipinski definition) is 25. The van der Waals surface area contributed by atoms with Crippen LogP contribution >= 0.6 is 22.7 Å². The minimum Gasteiger partial charge on any atom is -0.481 e. The number of aliphatic carboxylic acids is 3. The van der Waals surface area contributed by atoms with Crippen molar-refractivity contribution in [2.75, 3.05) is 145 Å². The summed E-state index contributed by atoms with van der Waals surface area (Å²) in [6.07, 6.45) is 0.847. The SMILES string of the molecule is Cc1ncsc1-c1ccc(CCC(=O)C2C[C@@H](O)CN2C(=O)[C@@H](CC(=O)CCOCCOCCOCCOCCOCCC(=O)O)C(C)(C)C)cc1.Cc1ncsc1-c1ccc(CCC(=O)C2C[C@@H](O)CN2C(=O)[C@@H](N)C(C)(C)C)cc1.O=C(O)CCOCCOCCOCCOCCOCCC(=O)O. The van der Waals surface area contributed by atoms with Crippen LogP contribution in [-0.2, 0) is 98.6 Å². The molecule has 6 atom stereocenters. The van der Waals surface area contributed by atoms with Gasteiger partial charge < -0.3 is 88.4 Å². The van der Waals surface area contributed by atoms with E-state index in [4.69, 9.17) is 68.4 Å². The lowest BCUT2D eigenvalue weighted by Crippen LogP contribution is -2.53. The molecule has 2 aromatic carbocycles.